The summed E-state index contributed by atoms with van der Waals surface area (Å²) in [5.41, 5.74) is 2.34. The molecule has 6 nitrogen and oxygen atoms in total. The molecule has 6 heteroatoms. The minimum Gasteiger partial charge on any atom is -0.497 e. The number of hydrogen-bond acceptors (Lipinski definition) is 6. The van der Waals surface area contributed by atoms with Crippen LogP contribution in [0.25, 0.3) is 0 Å². The van der Waals surface area contributed by atoms with Crippen LogP contribution < -0.4 is 15.4 Å². The summed E-state index contributed by atoms with van der Waals surface area (Å²) < 4.78 is 5.15. The van der Waals surface area contributed by atoms with Gasteiger partial charge in [-0.05, 0) is 35.9 Å². The van der Waals surface area contributed by atoms with E-state index >= 15 is 0 Å². The Balaban J connectivity index is 1.67. The molecule has 0 bridgehead atoms. The van der Waals surface area contributed by atoms with Crippen molar-refractivity contribution in [1.29, 1.82) is 5.26 Å². The average molecular weight is 331 g/mol. The molecular formula is C19H17N5O. The summed E-state index contributed by atoms with van der Waals surface area (Å²) in [6.45, 7) is 0.634. The molecule has 124 valence electrons. The Hall–Kier alpha value is -3.59. The first-order valence-corrected chi connectivity index (χ1v) is 7.74. The second-order valence-corrected chi connectivity index (χ2v) is 5.25. The van der Waals surface area contributed by atoms with Gasteiger partial charge in [-0.3, -0.25) is 0 Å². The normalized spacial score (nSPS) is 9.92. The van der Waals surface area contributed by atoms with Gasteiger partial charge in [-0.2, -0.15) is 10.2 Å². The van der Waals surface area contributed by atoms with Gasteiger partial charge in [0.2, 0.25) is 5.95 Å². The number of rotatable bonds is 6. The topological polar surface area (TPSA) is 82.9 Å². The second kappa shape index (κ2) is 7.79. The van der Waals surface area contributed by atoms with E-state index in [0.717, 1.165) is 11.3 Å². The number of methoxy groups -OCH3 is 1. The van der Waals surface area contributed by atoms with Gasteiger partial charge in [-0.15, -0.1) is 0 Å². The predicted molar refractivity (Wildman–Crippen MR) is 96.8 cm³/mol. The molecule has 2 aromatic carbocycles. The first kappa shape index (κ1) is 16.3. The Kier molecular flexibility index (Phi) is 5.07. The largest absolute Gasteiger partial charge is 0.497 e. The molecule has 0 aliphatic rings. The zero-order chi connectivity index (χ0) is 17.5. The molecule has 0 saturated carbocycles. The number of nitrogens with zero attached hydrogens (tertiary/aromatic N) is 3. The van der Waals surface area contributed by atoms with E-state index in [0.29, 0.717) is 29.6 Å². The minimum absolute atomic E-state index is 0.433. The predicted octanol–water partition coefficient (Wildman–Crippen LogP) is 3.71. The second-order valence-electron chi connectivity index (χ2n) is 5.25. The van der Waals surface area contributed by atoms with Gasteiger partial charge in [0.25, 0.3) is 0 Å². The van der Waals surface area contributed by atoms with Crippen molar-refractivity contribution in [3.63, 3.8) is 0 Å². The molecule has 2 N–H and O–H groups in total. The zero-order valence-electron chi connectivity index (χ0n) is 13.7. The third kappa shape index (κ3) is 4.24. The maximum Gasteiger partial charge on any atom is 0.229 e. The van der Waals surface area contributed by atoms with Crippen LogP contribution in [-0.2, 0) is 6.54 Å². The van der Waals surface area contributed by atoms with Crippen LogP contribution in [0.1, 0.15) is 11.1 Å². The number of benzene rings is 2. The summed E-state index contributed by atoms with van der Waals surface area (Å²) in [5, 5.41) is 15.5. The number of hydrogen-bond donors (Lipinski definition) is 2. The summed E-state index contributed by atoms with van der Waals surface area (Å²) in [6, 6.07) is 19.0. The summed E-state index contributed by atoms with van der Waals surface area (Å²) in [6.07, 6.45) is 1.67. The Labute approximate surface area is 146 Å². The molecule has 3 aromatic rings. The van der Waals surface area contributed by atoms with Crippen molar-refractivity contribution in [2.45, 2.75) is 6.54 Å². The lowest BCUT2D eigenvalue weighted by Gasteiger charge is -2.09. The molecule has 0 aliphatic heterocycles. The molecule has 25 heavy (non-hydrogen) atoms. The Morgan fingerprint density at radius 3 is 2.64 bits per heavy atom. The van der Waals surface area contributed by atoms with Crippen LogP contribution in [0, 0.1) is 11.3 Å². The van der Waals surface area contributed by atoms with E-state index in [4.69, 9.17) is 10.00 Å². The van der Waals surface area contributed by atoms with Crippen LogP contribution >= 0.6 is 0 Å². The van der Waals surface area contributed by atoms with E-state index in [1.807, 2.05) is 42.5 Å². The van der Waals surface area contributed by atoms with Crippen LogP contribution in [-0.4, -0.2) is 17.1 Å². The van der Waals surface area contributed by atoms with Crippen molar-refractivity contribution in [2.24, 2.45) is 0 Å². The van der Waals surface area contributed by atoms with Crippen molar-refractivity contribution >= 4 is 17.5 Å². The monoisotopic (exact) mass is 331 g/mol. The van der Waals surface area contributed by atoms with Crippen LogP contribution in [0.15, 0.2) is 60.8 Å². The maximum atomic E-state index is 9.15. The molecule has 0 fully saturated rings. The fraction of sp³-hybridized carbons (Fsp3) is 0.105. The third-order valence-electron chi connectivity index (χ3n) is 3.58. The fourth-order valence-corrected chi connectivity index (χ4v) is 2.26. The van der Waals surface area contributed by atoms with Gasteiger partial charge in [0, 0.05) is 12.7 Å². The summed E-state index contributed by atoms with van der Waals surface area (Å²) >= 11 is 0. The Morgan fingerprint density at radius 2 is 1.88 bits per heavy atom. The number of nitriles is 1. The molecule has 0 spiro atoms. The molecular weight excluding hydrogens is 314 g/mol. The molecule has 0 aliphatic carbocycles. The van der Waals surface area contributed by atoms with Gasteiger partial charge in [-0.25, -0.2) is 4.98 Å². The zero-order valence-corrected chi connectivity index (χ0v) is 13.7. The standard InChI is InChI=1S/C19H17N5O/c1-25-16-8-6-14(7-9-16)13-22-18-10-11-21-19(24-18)23-17-5-3-2-4-15(17)12-20/h2-11H,13H2,1H3,(H2,21,22,23,24). The fourth-order valence-electron chi connectivity index (χ4n) is 2.26. The molecule has 0 saturated heterocycles. The molecule has 0 radical (unpaired) electrons. The summed E-state index contributed by atoms with van der Waals surface area (Å²) in [5.74, 6) is 1.96. The van der Waals surface area contributed by atoms with E-state index in [1.54, 1.807) is 25.4 Å². The molecule has 0 unspecified atom stereocenters. The van der Waals surface area contributed by atoms with E-state index in [1.165, 1.54) is 0 Å². The van der Waals surface area contributed by atoms with E-state index in [-0.39, 0.29) is 0 Å². The highest BCUT2D eigenvalue weighted by atomic mass is 16.5. The van der Waals surface area contributed by atoms with Crippen LogP contribution in [0.3, 0.4) is 0 Å². The maximum absolute atomic E-state index is 9.15. The third-order valence-corrected chi connectivity index (χ3v) is 3.58. The molecule has 3 rings (SSSR count). The van der Waals surface area contributed by atoms with Crippen molar-refractivity contribution in [3.8, 4) is 11.8 Å². The van der Waals surface area contributed by atoms with E-state index < -0.39 is 0 Å². The smallest absolute Gasteiger partial charge is 0.229 e. The van der Waals surface area contributed by atoms with Gasteiger partial charge in [0.15, 0.2) is 0 Å². The number of ether oxygens (including phenoxy) is 1. The number of para-hydroxylation sites is 1. The van der Waals surface area contributed by atoms with E-state index in [2.05, 4.69) is 26.7 Å². The quantitative estimate of drug-likeness (QED) is 0.716. The number of nitrogens with one attached hydrogen (secondary N) is 2. The van der Waals surface area contributed by atoms with Gasteiger partial charge in [-0.1, -0.05) is 24.3 Å². The Bertz CT molecular complexity index is 887. The minimum atomic E-state index is 0.433. The highest BCUT2D eigenvalue weighted by Crippen LogP contribution is 2.18. The van der Waals surface area contributed by atoms with Crippen molar-refractivity contribution < 1.29 is 4.74 Å². The van der Waals surface area contributed by atoms with Crippen LogP contribution in [0.5, 0.6) is 5.75 Å². The number of anilines is 3. The molecule has 0 amide bonds. The molecule has 1 heterocycles. The summed E-state index contributed by atoms with van der Waals surface area (Å²) in [4.78, 5) is 8.62. The van der Waals surface area contributed by atoms with Gasteiger partial charge in [0.05, 0.1) is 18.4 Å². The lowest BCUT2D eigenvalue weighted by molar-refractivity contribution is 0.414. The van der Waals surface area contributed by atoms with Crippen LogP contribution in [0.2, 0.25) is 0 Å². The van der Waals surface area contributed by atoms with E-state index in [9.17, 15) is 0 Å². The lowest BCUT2D eigenvalue weighted by Crippen LogP contribution is -2.04. The summed E-state index contributed by atoms with van der Waals surface area (Å²) in [7, 11) is 1.65. The van der Waals surface area contributed by atoms with Gasteiger partial charge >= 0.3 is 0 Å². The highest BCUT2D eigenvalue weighted by molar-refractivity contribution is 5.63. The first-order valence-electron chi connectivity index (χ1n) is 7.74. The van der Waals surface area contributed by atoms with Gasteiger partial charge < -0.3 is 15.4 Å². The average Bonchev–Trinajstić information content (AvgIpc) is 2.67. The van der Waals surface area contributed by atoms with Crippen molar-refractivity contribution in [1.82, 2.24) is 9.97 Å². The Morgan fingerprint density at radius 1 is 1.08 bits per heavy atom. The lowest BCUT2D eigenvalue weighted by atomic mass is 10.2. The molecule has 0 atom stereocenters. The molecule has 1 aromatic heterocycles. The van der Waals surface area contributed by atoms with Gasteiger partial charge in [0.1, 0.15) is 17.6 Å². The SMILES string of the molecule is COc1ccc(CNc2ccnc(Nc3ccccc3C#N)n2)cc1. The first-order chi connectivity index (χ1) is 12.3. The van der Waals surface area contributed by atoms with Crippen molar-refractivity contribution in [2.75, 3.05) is 17.7 Å². The number of aromatic nitrogens is 2. The van der Waals surface area contributed by atoms with Crippen molar-refractivity contribution in [3.05, 3.63) is 71.9 Å². The highest BCUT2D eigenvalue weighted by Gasteiger charge is 2.04. The van der Waals surface area contributed by atoms with Crippen LogP contribution in [0.4, 0.5) is 17.5 Å².